The highest BCUT2D eigenvalue weighted by atomic mass is 35.5. The van der Waals surface area contributed by atoms with Crippen LogP contribution in [0, 0.1) is 5.92 Å². The van der Waals surface area contributed by atoms with E-state index in [1.165, 1.54) is 5.56 Å². The first-order valence-electron chi connectivity index (χ1n) is 7.40. The Labute approximate surface area is 136 Å². The van der Waals surface area contributed by atoms with Crippen molar-refractivity contribution in [1.82, 2.24) is 5.32 Å². The van der Waals surface area contributed by atoms with E-state index in [4.69, 9.17) is 11.6 Å². The molecular weight excluding hydrogens is 296 g/mol. The van der Waals surface area contributed by atoms with Gasteiger partial charge in [0.1, 0.15) is 0 Å². The van der Waals surface area contributed by atoms with Crippen LogP contribution in [0.5, 0.6) is 0 Å². The largest absolute Gasteiger partial charge is 0.325 e. The lowest BCUT2D eigenvalue weighted by atomic mass is 9.96. The second kappa shape index (κ2) is 7.97. The van der Waals surface area contributed by atoms with Crippen molar-refractivity contribution in [1.29, 1.82) is 0 Å². The Morgan fingerprint density at radius 3 is 2.27 bits per heavy atom. The fourth-order valence-electron chi connectivity index (χ4n) is 2.34. The van der Waals surface area contributed by atoms with Gasteiger partial charge in [0.05, 0.1) is 6.54 Å². The molecule has 0 bridgehead atoms. The van der Waals surface area contributed by atoms with Crippen molar-refractivity contribution >= 4 is 23.2 Å². The smallest absolute Gasteiger partial charge is 0.238 e. The lowest BCUT2D eigenvalue weighted by Crippen LogP contribution is -2.33. The number of carbonyl (C=O) groups is 1. The molecule has 3 nitrogen and oxygen atoms in total. The molecule has 0 aromatic heterocycles. The van der Waals surface area contributed by atoms with Gasteiger partial charge in [0.25, 0.3) is 0 Å². The zero-order valence-corrected chi connectivity index (χ0v) is 13.6. The van der Waals surface area contributed by atoms with Crippen LogP contribution in [0.25, 0.3) is 0 Å². The summed E-state index contributed by atoms with van der Waals surface area (Å²) in [5.41, 5.74) is 1.94. The number of amides is 1. The Balaban J connectivity index is 1.92. The third-order valence-corrected chi connectivity index (χ3v) is 3.69. The van der Waals surface area contributed by atoms with Crippen LogP contribution in [-0.2, 0) is 4.79 Å². The summed E-state index contributed by atoms with van der Waals surface area (Å²) in [4.78, 5) is 12.0. The van der Waals surface area contributed by atoms with Gasteiger partial charge in [-0.05, 0) is 35.7 Å². The van der Waals surface area contributed by atoms with Crippen molar-refractivity contribution in [2.45, 2.75) is 19.9 Å². The van der Waals surface area contributed by atoms with E-state index in [9.17, 15) is 4.79 Å². The quantitative estimate of drug-likeness (QED) is 0.835. The normalized spacial score (nSPS) is 12.2. The Morgan fingerprint density at radius 1 is 1.05 bits per heavy atom. The van der Waals surface area contributed by atoms with Gasteiger partial charge in [-0.2, -0.15) is 0 Å². The van der Waals surface area contributed by atoms with Crippen molar-refractivity contribution in [3.8, 4) is 0 Å². The maximum Gasteiger partial charge on any atom is 0.238 e. The van der Waals surface area contributed by atoms with E-state index in [1.54, 1.807) is 24.3 Å². The summed E-state index contributed by atoms with van der Waals surface area (Å²) >= 11 is 5.83. The molecule has 0 spiro atoms. The summed E-state index contributed by atoms with van der Waals surface area (Å²) in [6.07, 6.45) is 0. The molecule has 22 heavy (non-hydrogen) atoms. The number of rotatable bonds is 6. The first-order chi connectivity index (χ1) is 10.6. The van der Waals surface area contributed by atoms with Gasteiger partial charge in [0, 0.05) is 16.8 Å². The topological polar surface area (TPSA) is 41.1 Å². The minimum absolute atomic E-state index is 0.0658. The van der Waals surface area contributed by atoms with Crippen LogP contribution in [0.2, 0.25) is 5.02 Å². The molecule has 1 amide bonds. The minimum Gasteiger partial charge on any atom is -0.325 e. The van der Waals surface area contributed by atoms with E-state index in [0.717, 1.165) is 5.69 Å². The maximum atomic E-state index is 12.0. The van der Waals surface area contributed by atoms with Crippen molar-refractivity contribution < 1.29 is 4.79 Å². The highest BCUT2D eigenvalue weighted by molar-refractivity contribution is 6.30. The van der Waals surface area contributed by atoms with Gasteiger partial charge in [-0.25, -0.2) is 0 Å². The van der Waals surface area contributed by atoms with Crippen molar-refractivity contribution in [2.75, 3.05) is 11.9 Å². The lowest BCUT2D eigenvalue weighted by Gasteiger charge is -2.22. The predicted molar refractivity (Wildman–Crippen MR) is 92.1 cm³/mol. The summed E-state index contributed by atoms with van der Waals surface area (Å²) in [6.45, 7) is 4.55. The van der Waals surface area contributed by atoms with Gasteiger partial charge in [0.2, 0.25) is 5.91 Å². The van der Waals surface area contributed by atoms with E-state index in [2.05, 4.69) is 36.6 Å². The van der Waals surface area contributed by atoms with Crippen LogP contribution in [0.1, 0.15) is 25.5 Å². The predicted octanol–water partition coefficient (Wildman–Crippen LogP) is 4.27. The van der Waals surface area contributed by atoms with E-state index in [1.807, 2.05) is 18.2 Å². The van der Waals surface area contributed by atoms with Gasteiger partial charge in [-0.15, -0.1) is 0 Å². The maximum absolute atomic E-state index is 12.0. The third kappa shape index (κ3) is 4.86. The van der Waals surface area contributed by atoms with Crippen molar-refractivity contribution in [3.63, 3.8) is 0 Å². The Kier molecular flexibility index (Phi) is 5.99. The zero-order chi connectivity index (χ0) is 15.9. The molecule has 116 valence electrons. The van der Waals surface area contributed by atoms with Crippen LogP contribution < -0.4 is 10.6 Å². The number of anilines is 1. The molecule has 0 saturated heterocycles. The van der Waals surface area contributed by atoms with Crippen molar-refractivity contribution in [3.05, 3.63) is 65.2 Å². The molecule has 2 aromatic rings. The monoisotopic (exact) mass is 316 g/mol. The van der Waals surface area contributed by atoms with Crippen LogP contribution in [0.4, 0.5) is 5.69 Å². The lowest BCUT2D eigenvalue weighted by molar-refractivity contribution is -0.115. The average Bonchev–Trinajstić information content (AvgIpc) is 2.50. The standard InChI is InChI=1S/C18H21ClN2O/c1-13(2)18(14-6-4-3-5-7-14)20-12-17(22)21-16-10-8-15(19)9-11-16/h3-11,13,18,20H,12H2,1-2H3,(H,21,22)/t18-/m0/s1. The van der Waals surface area contributed by atoms with Gasteiger partial charge in [0.15, 0.2) is 0 Å². The van der Waals surface area contributed by atoms with Crippen LogP contribution in [-0.4, -0.2) is 12.5 Å². The summed E-state index contributed by atoms with van der Waals surface area (Å²) in [5.74, 6) is 0.328. The van der Waals surface area contributed by atoms with Gasteiger partial charge in [-0.3, -0.25) is 4.79 Å². The number of benzene rings is 2. The second-order valence-corrected chi connectivity index (χ2v) is 6.00. The first-order valence-corrected chi connectivity index (χ1v) is 7.78. The molecule has 0 aliphatic heterocycles. The molecule has 0 unspecified atom stereocenters. The SMILES string of the molecule is CC(C)[C@H](NCC(=O)Nc1ccc(Cl)cc1)c1ccccc1. The molecule has 4 heteroatoms. The third-order valence-electron chi connectivity index (χ3n) is 3.44. The molecule has 0 heterocycles. The Morgan fingerprint density at radius 2 is 1.68 bits per heavy atom. The molecule has 0 saturated carbocycles. The number of carbonyl (C=O) groups excluding carboxylic acids is 1. The molecule has 2 N–H and O–H groups in total. The summed E-state index contributed by atoms with van der Waals surface area (Å²) in [7, 11) is 0. The van der Waals surface area contributed by atoms with E-state index in [-0.39, 0.29) is 18.5 Å². The van der Waals surface area contributed by atoms with Crippen LogP contribution in [0.15, 0.2) is 54.6 Å². The highest BCUT2D eigenvalue weighted by Gasteiger charge is 2.16. The molecule has 2 aromatic carbocycles. The molecule has 0 aliphatic carbocycles. The van der Waals surface area contributed by atoms with Gasteiger partial charge in [-0.1, -0.05) is 55.8 Å². The zero-order valence-electron chi connectivity index (χ0n) is 12.8. The van der Waals surface area contributed by atoms with E-state index in [0.29, 0.717) is 10.9 Å². The Hall–Kier alpha value is -1.84. The second-order valence-electron chi connectivity index (χ2n) is 5.57. The number of nitrogens with one attached hydrogen (secondary N) is 2. The van der Waals surface area contributed by atoms with Crippen LogP contribution >= 0.6 is 11.6 Å². The summed E-state index contributed by atoms with van der Waals surface area (Å²) in [6, 6.07) is 17.4. The fourth-order valence-corrected chi connectivity index (χ4v) is 2.47. The van der Waals surface area contributed by atoms with E-state index < -0.39 is 0 Å². The summed E-state index contributed by atoms with van der Waals surface area (Å²) in [5, 5.41) is 6.84. The fraction of sp³-hybridized carbons (Fsp3) is 0.278. The van der Waals surface area contributed by atoms with Crippen LogP contribution in [0.3, 0.4) is 0 Å². The minimum atomic E-state index is -0.0658. The van der Waals surface area contributed by atoms with Gasteiger partial charge < -0.3 is 10.6 Å². The summed E-state index contributed by atoms with van der Waals surface area (Å²) < 4.78 is 0. The number of hydrogen-bond donors (Lipinski definition) is 2. The number of hydrogen-bond acceptors (Lipinski definition) is 2. The molecule has 0 radical (unpaired) electrons. The van der Waals surface area contributed by atoms with Gasteiger partial charge >= 0.3 is 0 Å². The molecule has 0 fully saturated rings. The van der Waals surface area contributed by atoms with E-state index >= 15 is 0 Å². The highest BCUT2D eigenvalue weighted by Crippen LogP contribution is 2.21. The molecular formula is C18H21ClN2O. The average molecular weight is 317 g/mol. The first kappa shape index (κ1) is 16.5. The molecule has 0 aliphatic rings. The van der Waals surface area contributed by atoms with Crippen molar-refractivity contribution in [2.24, 2.45) is 5.92 Å². The molecule has 2 rings (SSSR count). The number of halogens is 1. The molecule has 1 atom stereocenters. The Bertz CT molecular complexity index is 596.